The van der Waals surface area contributed by atoms with Crippen LogP contribution in [0, 0.1) is 13.8 Å². The van der Waals surface area contributed by atoms with Crippen molar-refractivity contribution in [3.8, 4) is 0 Å². The van der Waals surface area contributed by atoms with E-state index in [9.17, 15) is 22.8 Å². The fraction of sp³-hybridized carbons (Fsp3) is 0.227. The molecular formula is C22H21F3N4O2. The van der Waals surface area contributed by atoms with Crippen LogP contribution in [0.25, 0.3) is 0 Å². The first-order valence-electron chi connectivity index (χ1n) is 9.51. The number of anilines is 2. The quantitative estimate of drug-likeness (QED) is 0.590. The van der Waals surface area contributed by atoms with Crippen molar-refractivity contribution in [3.63, 3.8) is 0 Å². The van der Waals surface area contributed by atoms with Crippen LogP contribution in [0.4, 0.5) is 24.5 Å². The first kappa shape index (κ1) is 22.1. The molecule has 0 radical (unpaired) electrons. The molecule has 0 unspecified atom stereocenters. The Hall–Kier alpha value is -3.62. The Morgan fingerprint density at radius 2 is 1.65 bits per heavy atom. The molecule has 0 aliphatic heterocycles. The van der Waals surface area contributed by atoms with Crippen molar-refractivity contribution < 1.29 is 22.8 Å². The van der Waals surface area contributed by atoms with Crippen LogP contribution in [-0.4, -0.2) is 21.6 Å². The number of alkyl halides is 3. The summed E-state index contributed by atoms with van der Waals surface area (Å²) in [6.45, 7) is 4.20. The highest BCUT2D eigenvalue weighted by Gasteiger charge is 2.30. The van der Waals surface area contributed by atoms with Crippen LogP contribution in [0.5, 0.6) is 0 Å². The smallest absolute Gasteiger partial charge is 0.326 e. The summed E-state index contributed by atoms with van der Waals surface area (Å²) >= 11 is 0. The molecule has 9 heteroatoms. The monoisotopic (exact) mass is 430 g/mol. The minimum Gasteiger partial charge on any atom is -0.326 e. The number of hydrogen-bond acceptors (Lipinski definition) is 3. The Labute approximate surface area is 177 Å². The summed E-state index contributed by atoms with van der Waals surface area (Å²) in [5, 5.41) is 9.46. The number of amides is 2. The minimum absolute atomic E-state index is 0.0270. The second kappa shape index (κ2) is 9.03. The molecule has 0 atom stereocenters. The molecule has 1 heterocycles. The first-order chi connectivity index (χ1) is 14.6. The van der Waals surface area contributed by atoms with Gasteiger partial charge in [0.1, 0.15) is 0 Å². The molecule has 1 aromatic heterocycles. The lowest BCUT2D eigenvalue weighted by molar-refractivity contribution is -0.137. The highest BCUT2D eigenvalue weighted by Crippen LogP contribution is 2.30. The zero-order valence-corrected chi connectivity index (χ0v) is 17.0. The van der Waals surface area contributed by atoms with Gasteiger partial charge in [-0.25, -0.2) is 0 Å². The fourth-order valence-corrected chi connectivity index (χ4v) is 3.05. The summed E-state index contributed by atoms with van der Waals surface area (Å²) in [4.78, 5) is 24.7. The summed E-state index contributed by atoms with van der Waals surface area (Å²) < 4.78 is 40.3. The lowest BCUT2D eigenvalue weighted by Crippen LogP contribution is -2.17. The molecule has 0 spiro atoms. The molecule has 6 nitrogen and oxygen atoms in total. The first-order valence-corrected chi connectivity index (χ1v) is 9.51. The zero-order valence-electron chi connectivity index (χ0n) is 17.0. The summed E-state index contributed by atoms with van der Waals surface area (Å²) in [5.74, 6) is -0.832. The van der Waals surface area contributed by atoms with E-state index >= 15 is 0 Å². The van der Waals surface area contributed by atoms with Crippen molar-refractivity contribution in [2.75, 3.05) is 10.6 Å². The molecule has 3 rings (SSSR count). The van der Waals surface area contributed by atoms with Crippen molar-refractivity contribution >= 4 is 23.2 Å². The Morgan fingerprint density at radius 3 is 2.29 bits per heavy atom. The molecule has 31 heavy (non-hydrogen) atoms. The molecule has 0 saturated carbocycles. The van der Waals surface area contributed by atoms with E-state index in [4.69, 9.17) is 0 Å². The van der Waals surface area contributed by atoms with Gasteiger partial charge < -0.3 is 10.6 Å². The molecule has 0 fully saturated rings. The lowest BCUT2D eigenvalue weighted by atomic mass is 10.1. The number of carbonyl (C=O) groups is 2. The maximum absolute atomic E-state index is 12.8. The van der Waals surface area contributed by atoms with Crippen molar-refractivity contribution in [3.05, 3.63) is 77.1 Å². The summed E-state index contributed by atoms with van der Waals surface area (Å²) in [6, 6.07) is 12.5. The second-order valence-electron chi connectivity index (χ2n) is 7.06. The van der Waals surface area contributed by atoms with E-state index < -0.39 is 17.6 Å². The van der Waals surface area contributed by atoms with E-state index in [0.717, 1.165) is 23.5 Å². The molecule has 162 valence electrons. The predicted molar refractivity (Wildman–Crippen MR) is 111 cm³/mol. The van der Waals surface area contributed by atoms with Gasteiger partial charge in [-0.2, -0.15) is 18.3 Å². The third-order valence-electron chi connectivity index (χ3n) is 4.51. The second-order valence-corrected chi connectivity index (χ2v) is 7.06. The highest BCUT2D eigenvalue weighted by molar-refractivity contribution is 6.05. The number of aryl methyl sites for hydroxylation is 3. The van der Waals surface area contributed by atoms with E-state index in [1.807, 2.05) is 19.9 Å². The Bertz CT molecular complexity index is 1110. The zero-order chi connectivity index (χ0) is 22.6. The largest absolute Gasteiger partial charge is 0.416 e. The molecule has 0 aliphatic carbocycles. The number of rotatable bonds is 6. The molecule has 0 bridgehead atoms. The Balaban J connectivity index is 1.62. The highest BCUT2D eigenvalue weighted by atomic mass is 19.4. The average Bonchev–Trinajstić information content (AvgIpc) is 3.03. The van der Waals surface area contributed by atoms with Gasteiger partial charge in [-0.1, -0.05) is 12.1 Å². The van der Waals surface area contributed by atoms with E-state index in [0.29, 0.717) is 12.2 Å². The third-order valence-corrected chi connectivity index (χ3v) is 4.51. The van der Waals surface area contributed by atoms with Crippen LogP contribution in [-0.2, 0) is 17.5 Å². The molecule has 2 aromatic carbocycles. The summed E-state index contributed by atoms with van der Waals surface area (Å²) in [5.41, 5.74) is 1.62. The SMILES string of the molecule is Cc1cc(C)n(CCC(=O)Nc2cccc(C(=O)Nc3cccc(C(F)(F)F)c3)c2)n1. The number of hydrogen-bond donors (Lipinski definition) is 2. The molecule has 0 saturated heterocycles. The van der Waals surface area contributed by atoms with Gasteiger partial charge in [0.2, 0.25) is 5.91 Å². The van der Waals surface area contributed by atoms with Crippen LogP contribution < -0.4 is 10.6 Å². The third kappa shape index (κ3) is 5.94. The number of nitrogens with zero attached hydrogens (tertiary/aromatic N) is 2. The van der Waals surface area contributed by atoms with Crippen LogP contribution in [0.15, 0.2) is 54.6 Å². The Kier molecular flexibility index (Phi) is 6.43. The van der Waals surface area contributed by atoms with Crippen LogP contribution in [0.3, 0.4) is 0 Å². The van der Waals surface area contributed by atoms with Crippen molar-refractivity contribution in [1.29, 1.82) is 0 Å². The molecule has 2 amide bonds. The minimum atomic E-state index is -4.50. The van der Waals surface area contributed by atoms with E-state index in [1.54, 1.807) is 16.8 Å². The van der Waals surface area contributed by atoms with E-state index in [1.165, 1.54) is 24.3 Å². The van der Waals surface area contributed by atoms with Gasteiger partial charge in [0, 0.05) is 35.6 Å². The average molecular weight is 430 g/mol. The van der Waals surface area contributed by atoms with Crippen LogP contribution >= 0.6 is 0 Å². The lowest BCUT2D eigenvalue weighted by Gasteiger charge is -2.11. The molecule has 3 aromatic rings. The number of benzene rings is 2. The van der Waals surface area contributed by atoms with Gasteiger partial charge in [0.25, 0.3) is 5.91 Å². The predicted octanol–water partition coefficient (Wildman–Crippen LogP) is 4.80. The van der Waals surface area contributed by atoms with Gasteiger partial charge in [-0.05, 0) is 56.3 Å². The van der Waals surface area contributed by atoms with Crippen molar-refractivity contribution in [2.24, 2.45) is 0 Å². The maximum atomic E-state index is 12.8. The molecule has 0 aliphatic rings. The number of carbonyl (C=O) groups excluding carboxylic acids is 2. The summed E-state index contributed by atoms with van der Waals surface area (Å²) in [7, 11) is 0. The van der Waals surface area contributed by atoms with E-state index in [2.05, 4.69) is 15.7 Å². The topological polar surface area (TPSA) is 76.0 Å². The Morgan fingerprint density at radius 1 is 0.968 bits per heavy atom. The van der Waals surface area contributed by atoms with Gasteiger partial charge in [-0.15, -0.1) is 0 Å². The van der Waals surface area contributed by atoms with Gasteiger partial charge in [-0.3, -0.25) is 14.3 Å². The van der Waals surface area contributed by atoms with Crippen LogP contribution in [0.1, 0.15) is 33.7 Å². The normalized spacial score (nSPS) is 11.3. The summed E-state index contributed by atoms with van der Waals surface area (Å²) in [6.07, 6.45) is -4.30. The molecular weight excluding hydrogens is 409 g/mol. The molecule has 2 N–H and O–H groups in total. The van der Waals surface area contributed by atoms with Gasteiger partial charge >= 0.3 is 6.18 Å². The standard InChI is InChI=1S/C22H21F3N4O2/c1-14-11-15(2)29(28-14)10-9-20(30)26-18-7-3-5-16(12-18)21(31)27-19-8-4-6-17(13-19)22(23,24)25/h3-8,11-13H,9-10H2,1-2H3,(H,26,30)(H,27,31). The van der Waals surface area contributed by atoms with Crippen LogP contribution in [0.2, 0.25) is 0 Å². The number of aromatic nitrogens is 2. The van der Waals surface area contributed by atoms with Crippen molar-refractivity contribution in [1.82, 2.24) is 9.78 Å². The maximum Gasteiger partial charge on any atom is 0.416 e. The number of halogens is 3. The fourth-order valence-electron chi connectivity index (χ4n) is 3.05. The van der Waals surface area contributed by atoms with Gasteiger partial charge in [0.15, 0.2) is 0 Å². The number of nitrogens with one attached hydrogen (secondary N) is 2. The van der Waals surface area contributed by atoms with E-state index in [-0.39, 0.29) is 23.6 Å². The van der Waals surface area contributed by atoms with Gasteiger partial charge in [0.05, 0.1) is 11.3 Å². The van der Waals surface area contributed by atoms with Crippen molar-refractivity contribution in [2.45, 2.75) is 33.0 Å².